The van der Waals surface area contributed by atoms with E-state index in [1.807, 2.05) is 30.3 Å². The number of thioether (sulfide) groups is 1. The Bertz CT molecular complexity index is 996. The van der Waals surface area contributed by atoms with E-state index in [2.05, 4.69) is 4.99 Å². The van der Waals surface area contributed by atoms with Gasteiger partial charge in [0.05, 0.1) is 31.5 Å². The summed E-state index contributed by atoms with van der Waals surface area (Å²) >= 11 is 1.41. The predicted molar refractivity (Wildman–Crippen MR) is 111 cm³/mol. The average molecular weight is 429 g/mol. The van der Waals surface area contributed by atoms with Crippen molar-refractivity contribution in [2.45, 2.75) is 24.7 Å². The zero-order valence-electron chi connectivity index (χ0n) is 16.2. The second kappa shape index (κ2) is 8.72. The Labute approximate surface area is 177 Å². The molecule has 4 rings (SSSR count). The predicted octanol–water partition coefficient (Wildman–Crippen LogP) is 3.72. The van der Waals surface area contributed by atoms with Gasteiger partial charge in [-0.2, -0.15) is 5.26 Å². The van der Waals surface area contributed by atoms with Crippen molar-refractivity contribution >= 4 is 16.9 Å². The molecule has 5 nitrogen and oxygen atoms in total. The van der Waals surface area contributed by atoms with Gasteiger partial charge in [-0.25, -0.2) is 13.8 Å². The number of amidine groups is 1. The van der Waals surface area contributed by atoms with E-state index in [9.17, 15) is 14.0 Å². The third-order valence-corrected chi connectivity index (χ3v) is 6.52. The summed E-state index contributed by atoms with van der Waals surface area (Å²) in [5, 5.41) is 9.52. The average Bonchev–Trinajstić information content (AvgIpc) is 2.74. The van der Waals surface area contributed by atoms with E-state index < -0.39 is 17.2 Å². The first kappa shape index (κ1) is 20.8. The van der Waals surface area contributed by atoms with Crippen LogP contribution in [0.25, 0.3) is 0 Å². The summed E-state index contributed by atoms with van der Waals surface area (Å²) in [6.45, 7) is 0.973. The summed E-state index contributed by atoms with van der Waals surface area (Å²) < 4.78 is 40.5. The molecule has 2 N–H and O–H groups in total. The standard InChI is InChI=1S/C22H21F2N3O2S/c23-19-8-20(24)18(6-15(19)9-25)22-13-29-17(7-16(22)12-30-21(26)27-22)11-28-10-14-4-2-1-3-5-14/h1-6,8,16-17H,7,10-13H2,(H2,26,27)/t16-,17?,22-/m0/s1. The molecule has 2 aliphatic heterocycles. The van der Waals surface area contributed by atoms with Gasteiger partial charge in [-0.1, -0.05) is 42.1 Å². The molecule has 2 heterocycles. The van der Waals surface area contributed by atoms with Gasteiger partial charge in [-0.15, -0.1) is 0 Å². The lowest BCUT2D eigenvalue weighted by Gasteiger charge is -2.46. The summed E-state index contributed by atoms with van der Waals surface area (Å²) in [7, 11) is 0. The molecule has 0 spiro atoms. The summed E-state index contributed by atoms with van der Waals surface area (Å²) in [6.07, 6.45) is 0.429. The Morgan fingerprint density at radius 1 is 1.27 bits per heavy atom. The van der Waals surface area contributed by atoms with Crippen LogP contribution < -0.4 is 5.73 Å². The van der Waals surface area contributed by atoms with Crippen LogP contribution in [-0.4, -0.2) is 30.2 Å². The molecule has 0 amide bonds. The zero-order valence-corrected chi connectivity index (χ0v) is 17.0. The number of aliphatic imine (C=N–C) groups is 1. The number of nitrogens with two attached hydrogens (primary N) is 1. The van der Waals surface area contributed by atoms with Crippen molar-refractivity contribution in [1.29, 1.82) is 5.26 Å². The maximum Gasteiger partial charge on any atom is 0.154 e. The fourth-order valence-electron chi connectivity index (χ4n) is 4.01. The second-order valence-electron chi connectivity index (χ2n) is 7.48. The third kappa shape index (κ3) is 4.06. The molecule has 0 saturated carbocycles. The van der Waals surface area contributed by atoms with Gasteiger partial charge in [0, 0.05) is 23.3 Å². The maximum absolute atomic E-state index is 14.8. The van der Waals surface area contributed by atoms with Gasteiger partial charge >= 0.3 is 0 Å². The Hall–Kier alpha value is -2.47. The van der Waals surface area contributed by atoms with Crippen LogP contribution in [0.15, 0.2) is 47.5 Å². The van der Waals surface area contributed by atoms with E-state index >= 15 is 0 Å². The largest absolute Gasteiger partial charge is 0.379 e. The lowest BCUT2D eigenvalue weighted by molar-refractivity contribution is -0.0927. The molecule has 1 fully saturated rings. The van der Waals surface area contributed by atoms with Gasteiger partial charge in [0.25, 0.3) is 0 Å². The Morgan fingerprint density at radius 2 is 2.07 bits per heavy atom. The lowest BCUT2D eigenvalue weighted by atomic mass is 9.74. The molecule has 156 valence electrons. The molecule has 1 unspecified atom stereocenters. The number of benzene rings is 2. The number of nitrogens with zero attached hydrogens (tertiary/aromatic N) is 2. The summed E-state index contributed by atoms with van der Waals surface area (Å²) in [4.78, 5) is 4.55. The van der Waals surface area contributed by atoms with E-state index in [4.69, 9.17) is 15.2 Å². The number of hydrogen-bond donors (Lipinski definition) is 1. The Morgan fingerprint density at radius 3 is 2.83 bits per heavy atom. The molecule has 0 aliphatic carbocycles. The number of halogens is 2. The smallest absolute Gasteiger partial charge is 0.154 e. The van der Waals surface area contributed by atoms with Crippen LogP contribution in [0.4, 0.5) is 8.78 Å². The maximum atomic E-state index is 14.8. The highest BCUT2D eigenvalue weighted by molar-refractivity contribution is 8.13. The van der Waals surface area contributed by atoms with E-state index in [0.29, 0.717) is 30.6 Å². The molecule has 0 radical (unpaired) electrons. The summed E-state index contributed by atoms with van der Waals surface area (Å²) in [5.41, 5.74) is 5.89. The molecule has 8 heteroatoms. The minimum Gasteiger partial charge on any atom is -0.379 e. The molecular weight excluding hydrogens is 408 g/mol. The van der Waals surface area contributed by atoms with Crippen LogP contribution in [0.2, 0.25) is 0 Å². The molecule has 2 aromatic rings. The molecule has 0 bridgehead atoms. The fraction of sp³-hybridized carbons (Fsp3) is 0.364. The molecule has 2 aliphatic rings. The molecular formula is C22H21F2N3O2S. The van der Waals surface area contributed by atoms with Crippen molar-refractivity contribution < 1.29 is 18.3 Å². The number of fused-ring (bicyclic) bond motifs is 1. The van der Waals surface area contributed by atoms with Gasteiger partial charge in [0.15, 0.2) is 5.17 Å². The van der Waals surface area contributed by atoms with Crippen LogP contribution in [0.3, 0.4) is 0 Å². The summed E-state index contributed by atoms with van der Waals surface area (Å²) in [5.74, 6) is -1.09. The van der Waals surface area contributed by atoms with Gasteiger partial charge in [-0.05, 0) is 18.1 Å². The van der Waals surface area contributed by atoms with Crippen LogP contribution in [0, 0.1) is 28.9 Å². The highest BCUT2D eigenvalue weighted by atomic mass is 32.2. The zero-order chi connectivity index (χ0) is 21.1. The molecule has 30 heavy (non-hydrogen) atoms. The minimum absolute atomic E-state index is 0.0830. The lowest BCUT2D eigenvalue weighted by Crippen LogP contribution is -2.51. The molecule has 3 atom stereocenters. The topological polar surface area (TPSA) is 80.6 Å². The number of rotatable bonds is 5. The van der Waals surface area contributed by atoms with Crippen molar-refractivity contribution in [2.75, 3.05) is 19.0 Å². The van der Waals surface area contributed by atoms with Crippen LogP contribution >= 0.6 is 11.8 Å². The van der Waals surface area contributed by atoms with E-state index in [-0.39, 0.29) is 29.8 Å². The van der Waals surface area contributed by atoms with Crippen LogP contribution in [-0.2, 0) is 21.6 Å². The van der Waals surface area contributed by atoms with E-state index in [1.165, 1.54) is 17.8 Å². The highest BCUT2D eigenvalue weighted by Crippen LogP contribution is 2.47. The van der Waals surface area contributed by atoms with Crippen molar-refractivity contribution in [1.82, 2.24) is 0 Å². The number of nitriles is 1. The minimum atomic E-state index is -1.07. The third-order valence-electron chi connectivity index (χ3n) is 5.56. The quantitative estimate of drug-likeness (QED) is 0.784. The first-order chi connectivity index (χ1) is 14.5. The van der Waals surface area contributed by atoms with Crippen molar-refractivity contribution in [3.63, 3.8) is 0 Å². The van der Waals surface area contributed by atoms with Crippen LogP contribution in [0.1, 0.15) is 23.1 Å². The SMILES string of the molecule is N#Cc1cc([C@]23COC(COCc4ccccc4)C[C@H]2CSC(N)=N3)c(F)cc1F. The van der Waals surface area contributed by atoms with Gasteiger partial charge in [-0.3, -0.25) is 0 Å². The van der Waals surface area contributed by atoms with E-state index in [1.54, 1.807) is 6.07 Å². The van der Waals surface area contributed by atoms with Gasteiger partial charge < -0.3 is 15.2 Å². The normalized spacial score (nSPS) is 25.8. The molecule has 0 aromatic heterocycles. The molecule has 2 aromatic carbocycles. The number of hydrogen-bond acceptors (Lipinski definition) is 6. The van der Waals surface area contributed by atoms with Gasteiger partial charge in [0.1, 0.15) is 23.2 Å². The van der Waals surface area contributed by atoms with Gasteiger partial charge in [0.2, 0.25) is 0 Å². The van der Waals surface area contributed by atoms with Crippen molar-refractivity contribution in [3.8, 4) is 6.07 Å². The monoisotopic (exact) mass is 429 g/mol. The second-order valence-corrected chi connectivity index (χ2v) is 8.52. The van der Waals surface area contributed by atoms with E-state index in [0.717, 1.165) is 11.6 Å². The highest BCUT2D eigenvalue weighted by Gasteiger charge is 2.49. The Kier molecular flexibility index (Phi) is 6.04. The first-order valence-corrected chi connectivity index (χ1v) is 10.6. The fourth-order valence-corrected chi connectivity index (χ4v) is 5.02. The number of ether oxygens (including phenoxy) is 2. The summed E-state index contributed by atoms with van der Waals surface area (Å²) in [6, 6.07) is 13.6. The van der Waals surface area contributed by atoms with Crippen molar-refractivity contribution in [3.05, 3.63) is 70.8 Å². The van der Waals surface area contributed by atoms with Crippen LogP contribution in [0.5, 0.6) is 0 Å². The molecule has 1 saturated heterocycles. The van der Waals surface area contributed by atoms with Crippen molar-refractivity contribution in [2.24, 2.45) is 16.6 Å². The first-order valence-electron chi connectivity index (χ1n) is 9.63. The Balaban J connectivity index is 1.54.